The van der Waals surface area contributed by atoms with Gasteiger partial charge in [-0.15, -0.1) is 5.11 Å². The first-order chi connectivity index (χ1) is 12.4. The highest BCUT2D eigenvalue weighted by Crippen LogP contribution is 2.37. The number of aliphatic hydroxyl groups is 2. The molecule has 0 saturated heterocycles. The maximum atomic E-state index is 13.0. The first-order valence-corrected chi connectivity index (χ1v) is 8.02. The van der Waals surface area contributed by atoms with Crippen molar-refractivity contribution in [1.29, 1.82) is 0 Å². The second kappa shape index (κ2) is 8.77. The topological polar surface area (TPSA) is 68.4 Å². The average Bonchev–Trinajstić information content (AvgIpc) is 2.60. The minimum atomic E-state index is -4.50. The highest BCUT2D eigenvalue weighted by atomic mass is 19.4. The number of halogens is 3. The molecule has 0 aliphatic heterocycles. The number of aryl methyl sites for hydroxylation is 1. The zero-order valence-corrected chi connectivity index (χ0v) is 14.2. The van der Waals surface area contributed by atoms with Crippen molar-refractivity contribution in [2.45, 2.75) is 13.1 Å². The largest absolute Gasteiger partial charge is 0.418 e. The summed E-state index contributed by atoms with van der Waals surface area (Å²) in [7, 11) is 0. The normalized spacial score (nSPS) is 11.9. The fraction of sp³-hybridized carbons (Fsp3) is 0.333. The second-order valence-electron chi connectivity index (χ2n) is 5.62. The van der Waals surface area contributed by atoms with Gasteiger partial charge in [0.15, 0.2) is 0 Å². The highest BCUT2D eigenvalue weighted by molar-refractivity contribution is 5.58. The van der Waals surface area contributed by atoms with Crippen molar-refractivity contribution in [3.05, 3.63) is 53.6 Å². The van der Waals surface area contributed by atoms with Crippen LogP contribution in [0.4, 0.5) is 30.2 Å². The van der Waals surface area contributed by atoms with E-state index < -0.39 is 11.7 Å². The number of anilines is 1. The van der Waals surface area contributed by atoms with Crippen molar-refractivity contribution < 1.29 is 23.4 Å². The average molecular weight is 367 g/mol. The summed E-state index contributed by atoms with van der Waals surface area (Å²) in [6.07, 6.45) is -4.50. The molecule has 0 saturated carbocycles. The second-order valence-corrected chi connectivity index (χ2v) is 5.62. The Morgan fingerprint density at radius 3 is 2.12 bits per heavy atom. The summed E-state index contributed by atoms with van der Waals surface area (Å²) >= 11 is 0. The van der Waals surface area contributed by atoms with Crippen LogP contribution in [0.1, 0.15) is 11.1 Å². The molecule has 0 heterocycles. The van der Waals surface area contributed by atoms with Crippen LogP contribution >= 0.6 is 0 Å². The number of benzene rings is 2. The Kier molecular flexibility index (Phi) is 6.70. The van der Waals surface area contributed by atoms with Crippen LogP contribution in [0.15, 0.2) is 52.7 Å². The lowest BCUT2D eigenvalue weighted by Crippen LogP contribution is -2.29. The maximum absolute atomic E-state index is 13.0. The molecule has 0 atom stereocenters. The van der Waals surface area contributed by atoms with Crippen molar-refractivity contribution in [1.82, 2.24) is 0 Å². The molecule has 8 heteroatoms. The molecule has 0 radical (unpaired) electrons. The molecule has 2 N–H and O–H groups in total. The SMILES string of the molecule is Cc1cc(N(CCO)CCO)ccc1N=Nc1ccccc1C(F)(F)F. The molecular formula is C18H20F3N3O2. The molecule has 0 spiro atoms. The lowest BCUT2D eigenvalue weighted by Gasteiger charge is -2.23. The third-order valence-electron chi connectivity index (χ3n) is 3.76. The van der Waals surface area contributed by atoms with Crippen LogP contribution in [0.5, 0.6) is 0 Å². The minimum Gasteiger partial charge on any atom is -0.395 e. The smallest absolute Gasteiger partial charge is 0.395 e. The Morgan fingerprint density at radius 1 is 0.923 bits per heavy atom. The van der Waals surface area contributed by atoms with E-state index in [4.69, 9.17) is 10.2 Å². The van der Waals surface area contributed by atoms with Gasteiger partial charge in [-0.05, 0) is 42.8 Å². The summed E-state index contributed by atoms with van der Waals surface area (Å²) in [4.78, 5) is 1.80. The third kappa shape index (κ3) is 5.03. The lowest BCUT2D eigenvalue weighted by molar-refractivity contribution is -0.137. The van der Waals surface area contributed by atoms with E-state index in [0.717, 1.165) is 17.3 Å². The predicted octanol–water partition coefficient (Wildman–Crippen LogP) is 4.22. The molecule has 2 aromatic carbocycles. The molecule has 0 aliphatic carbocycles. The number of aliphatic hydroxyl groups excluding tert-OH is 2. The molecule has 2 rings (SSSR count). The van der Waals surface area contributed by atoms with Gasteiger partial charge in [-0.2, -0.15) is 18.3 Å². The maximum Gasteiger partial charge on any atom is 0.418 e. The summed E-state index contributed by atoms with van der Waals surface area (Å²) in [5.41, 5.74) is 0.858. The zero-order valence-electron chi connectivity index (χ0n) is 14.2. The number of alkyl halides is 3. The van der Waals surface area contributed by atoms with E-state index in [2.05, 4.69) is 10.2 Å². The van der Waals surface area contributed by atoms with Gasteiger partial charge in [0, 0.05) is 18.8 Å². The Labute approximate surface area is 149 Å². The van der Waals surface area contributed by atoms with Crippen LogP contribution in [0.25, 0.3) is 0 Å². The van der Waals surface area contributed by atoms with E-state index in [9.17, 15) is 13.2 Å². The van der Waals surface area contributed by atoms with E-state index in [1.807, 2.05) is 0 Å². The highest BCUT2D eigenvalue weighted by Gasteiger charge is 2.33. The van der Waals surface area contributed by atoms with Gasteiger partial charge in [-0.3, -0.25) is 0 Å². The monoisotopic (exact) mass is 367 g/mol. The van der Waals surface area contributed by atoms with E-state index in [0.29, 0.717) is 18.8 Å². The lowest BCUT2D eigenvalue weighted by atomic mass is 10.1. The number of nitrogens with zero attached hydrogens (tertiary/aromatic N) is 3. The fourth-order valence-corrected chi connectivity index (χ4v) is 2.47. The van der Waals surface area contributed by atoms with E-state index in [1.165, 1.54) is 18.2 Å². The summed E-state index contributed by atoms with van der Waals surface area (Å²) in [6, 6.07) is 10.2. The minimum absolute atomic E-state index is 0.0608. The first kappa shape index (κ1) is 19.9. The van der Waals surface area contributed by atoms with Crippen LogP contribution in [0.2, 0.25) is 0 Å². The predicted molar refractivity (Wildman–Crippen MR) is 93.2 cm³/mol. The van der Waals surface area contributed by atoms with Gasteiger partial charge < -0.3 is 15.1 Å². The Bertz CT molecular complexity index is 758. The number of rotatable bonds is 7. The van der Waals surface area contributed by atoms with Crippen molar-refractivity contribution in [2.24, 2.45) is 10.2 Å². The van der Waals surface area contributed by atoms with Gasteiger partial charge >= 0.3 is 6.18 Å². The molecule has 0 fully saturated rings. The van der Waals surface area contributed by atoms with Gasteiger partial charge in [0.05, 0.1) is 30.2 Å². The van der Waals surface area contributed by atoms with Crippen LogP contribution in [0.3, 0.4) is 0 Å². The number of hydrogen-bond donors (Lipinski definition) is 2. The van der Waals surface area contributed by atoms with E-state index in [1.54, 1.807) is 30.0 Å². The molecule has 0 aromatic heterocycles. The summed E-state index contributed by atoms with van der Waals surface area (Å²) < 4.78 is 39.0. The Hall–Kier alpha value is -2.45. The van der Waals surface area contributed by atoms with E-state index in [-0.39, 0.29) is 18.9 Å². The summed E-state index contributed by atoms with van der Waals surface area (Å²) in [6.45, 7) is 2.37. The molecule has 5 nitrogen and oxygen atoms in total. The van der Waals surface area contributed by atoms with Crippen LogP contribution < -0.4 is 4.90 Å². The zero-order chi connectivity index (χ0) is 19.2. The van der Waals surface area contributed by atoms with Crippen molar-refractivity contribution >= 4 is 17.1 Å². The molecule has 0 unspecified atom stereocenters. The van der Waals surface area contributed by atoms with Crippen molar-refractivity contribution in [3.8, 4) is 0 Å². The van der Waals surface area contributed by atoms with Crippen molar-refractivity contribution in [3.63, 3.8) is 0 Å². The Morgan fingerprint density at radius 2 is 1.54 bits per heavy atom. The number of hydrogen-bond acceptors (Lipinski definition) is 5. The van der Waals surface area contributed by atoms with Gasteiger partial charge in [0.1, 0.15) is 0 Å². The molecule has 26 heavy (non-hydrogen) atoms. The molecule has 0 bridgehead atoms. The summed E-state index contributed by atoms with van der Waals surface area (Å²) in [5, 5.41) is 25.9. The summed E-state index contributed by atoms with van der Waals surface area (Å²) in [5.74, 6) is 0. The van der Waals surface area contributed by atoms with Crippen LogP contribution in [-0.2, 0) is 6.18 Å². The molecule has 140 valence electrons. The van der Waals surface area contributed by atoms with Gasteiger partial charge in [-0.25, -0.2) is 0 Å². The van der Waals surface area contributed by atoms with E-state index >= 15 is 0 Å². The molecule has 0 amide bonds. The Balaban J connectivity index is 2.27. The molecule has 2 aromatic rings. The van der Waals surface area contributed by atoms with Crippen LogP contribution in [0, 0.1) is 6.92 Å². The fourth-order valence-electron chi connectivity index (χ4n) is 2.47. The van der Waals surface area contributed by atoms with Crippen LogP contribution in [-0.4, -0.2) is 36.5 Å². The quantitative estimate of drug-likeness (QED) is 0.720. The van der Waals surface area contributed by atoms with Gasteiger partial charge in [0.25, 0.3) is 0 Å². The standard InChI is InChI=1S/C18H20F3N3O2/c1-13-12-14(24(8-10-25)9-11-26)6-7-16(13)22-23-17-5-3-2-4-15(17)18(19,20)21/h2-7,12,25-26H,8-11H2,1H3. The molecular weight excluding hydrogens is 347 g/mol. The van der Waals surface area contributed by atoms with Crippen molar-refractivity contribution in [2.75, 3.05) is 31.2 Å². The third-order valence-corrected chi connectivity index (χ3v) is 3.76. The number of azo groups is 1. The van der Waals surface area contributed by atoms with Gasteiger partial charge in [-0.1, -0.05) is 12.1 Å². The van der Waals surface area contributed by atoms with Gasteiger partial charge in [0.2, 0.25) is 0 Å². The first-order valence-electron chi connectivity index (χ1n) is 8.02. The molecule has 0 aliphatic rings.